The molecule has 1 aromatic carbocycles. The predicted molar refractivity (Wildman–Crippen MR) is 103 cm³/mol. The number of hydrogen-bond acceptors (Lipinski definition) is 5. The third-order valence-electron chi connectivity index (χ3n) is 3.71. The van der Waals surface area contributed by atoms with Crippen molar-refractivity contribution >= 4 is 52.2 Å². The number of halogens is 1. The second kappa shape index (κ2) is 8.12. The molecule has 1 aromatic heterocycles. The molecule has 0 radical (unpaired) electrons. The maximum absolute atomic E-state index is 12.7. The van der Waals surface area contributed by atoms with Crippen LogP contribution in [0.25, 0.3) is 0 Å². The van der Waals surface area contributed by atoms with Gasteiger partial charge < -0.3 is 15.0 Å². The first-order valence-corrected chi connectivity index (χ1v) is 10.0. The van der Waals surface area contributed by atoms with Crippen molar-refractivity contribution in [3.63, 3.8) is 0 Å². The zero-order valence-corrected chi connectivity index (χ0v) is 15.9. The van der Waals surface area contributed by atoms with Gasteiger partial charge >= 0.3 is 0 Å². The minimum Gasteiger partial charge on any atom is -0.477 e. The first-order chi connectivity index (χ1) is 12.1. The Morgan fingerprint density at radius 1 is 1.36 bits per heavy atom. The number of nitrogens with one attached hydrogen (secondary N) is 1. The van der Waals surface area contributed by atoms with Gasteiger partial charge in [-0.05, 0) is 24.3 Å². The maximum Gasteiger partial charge on any atom is 0.262 e. The summed E-state index contributed by atoms with van der Waals surface area (Å²) in [4.78, 5) is 27.4. The lowest BCUT2D eigenvalue weighted by atomic mass is 10.2. The second-order valence-corrected chi connectivity index (χ2v) is 8.18. The number of amides is 2. The molecule has 1 aliphatic heterocycles. The summed E-state index contributed by atoms with van der Waals surface area (Å²) >= 11 is 8.97. The fraction of sp³-hybridized carbons (Fsp3) is 0.294. The molecular weight excluding hydrogens is 380 g/mol. The highest BCUT2D eigenvalue weighted by Gasteiger charge is 2.33. The Bertz CT molecular complexity index is 781. The Morgan fingerprint density at radius 3 is 2.88 bits per heavy atom. The third-order valence-corrected chi connectivity index (χ3v) is 6.09. The molecule has 1 atom stereocenters. The smallest absolute Gasteiger partial charge is 0.262 e. The standard InChI is InChI=1S/C17H17ClN2O3S2/c1-19-17(22)14-8-20(12-4-2-3-5-13(12)23-14)16(21)10-24-9-11-6-7-15(18)25-11/h2-7,14H,8-10H2,1H3,(H,19,22)/t14-/m0/s1. The molecule has 8 heteroatoms. The lowest BCUT2D eigenvalue weighted by Crippen LogP contribution is -2.50. The van der Waals surface area contributed by atoms with E-state index in [9.17, 15) is 9.59 Å². The number of hydrogen-bond donors (Lipinski definition) is 1. The molecule has 0 unspecified atom stereocenters. The lowest BCUT2D eigenvalue weighted by Gasteiger charge is -2.34. The van der Waals surface area contributed by atoms with Gasteiger partial charge in [-0.25, -0.2) is 0 Å². The SMILES string of the molecule is CNC(=O)[C@@H]1CN(C(=O)CSCc2ccc(Cl)s2)c2ccccc2O1. The van der Waals surface area contributed by atoms with E-state index in [4.69, 9.17) is 16.3 Å². The highest BCUT2D eigenvalue weighted by molar-refractivity contribution is 7.99. The van der Waals surface area contributed by atoms with Crippen molar-refractivity contribution in [1.82, 2.24) is 5.32 Å². The first-order valence-electron chi connectivity index (χ1n) is 7.68. The summed E-state index contributed by atoms with van der Waals surface area (Å²) in [6, 6.07) is 11.1. The predicted octanol–water partition coefficient (Wildman–Crippen LogP) is 3.17. The Hall–Kier alpha value is -1.70. The number of anilines is 1. The van der Waals surface area contributed by atoms with E-state index in [2.05, 4.69) is 5.32 Å². The van der Waals surface area contributed by atoms with Crippen LogP contribution in [0.2, 0.25) is 4.34 Å². The van der Waals surface area contributed by atoms with Crippen LogP contribution in [0, 0.1) is 0 Å². The van der Waals surface area contributed by atoms with Gasteiger partial charge in [-0.15, -0.1) is 23.1 Å². The molecule has 2 aromatic rings. The average Bonchev–Trinajstić information content (AvgIpc) is 3.05. The van der Waals surface area contributed by atoms with E-state index >= 15 is 0 Å². The van der Waals surface area contributed by atoms with Crippen LogP contribution < -0.4 is 15.0 Å². The van der Waals surface area contributed by atoms with E-state index < -0.39 is 6.10 Å². The molecule has 25 heavy (non-hydrogen) atoms. The molecule has 2 amide bonds. The fourth-order valence-corrected chi connectivity index (χ4v) is 4.61. The highest BCUT2D eigenvalue weighted by atomic mass is 35.5. The van der Waals surface area contributed by atoms with Gasteiger partial charge in [-0.2, -0.15) is 0 Å². The van der Waals surface area contributed by atoms with Crippen molar-refractivity contribution in [2.45, 2.75) is 11.9 Å². The number of likely N-dealkylation sites (N-methyl/N-ethyl adjacent to an activating group) is 1. The van der Waals surface area contributed by atoms with E-state index in [1.807, 2.05) is 30.3 Å². The van der Waals surface area contributed by atoms with Crippen molar-refractivity contribution in [2.24, 2.45) is 0 Å². The molecule has 1 aliphatic rings. The van der Waals surface area contributed by atoms with Crippen molar-refractivity contribution in [1.29, 1.82) is 0 Å². The molecule has 132 valence electrons. The van der Waals surface area contributed by atoms with E-state index in [-0.39, 0.29) is 18.4 Å². The summed E-state index contributed by atoms with van der Waals surface area (Å²) in [5.41, 5.74) is 0.701. The van der Waals surface area contributed by atoms with Crippen LogP contribution in [-0.4, -0.2) is 37.3 Å². The van der Waals surface area contributed by atoms with Gasteiger partial charge in [0, 0.05) is 17.7 Å². The fourth-order valence-electron chi connectivity index (χ4n) is 2.51. The summed E-state index contributed by atoms with van der Waals surface area (Å²) < 4.78 is 6.46. The number of thioether (sulfide) groups is 1. The topological polar surface area (TPSA) is 58.6 Å². The van der Waals surface area contributed by atoms with Crippen molar-refractivity contribution < 1.29 is 14.3 Å². The number of carbonyl (C=O) groups is 2. The summed E-state index contributed by atoms with van der Waals surface area (Å²) in [6.07, 6.45) is -0.704. The van der Waals surface area contributed by atoms with Gasteiger partial charge in [0.1, 0.15) is 5.75 Å². The molecule has 0 saturated carbocycles. The number of nitrogens with zero attached hydrogens (tertiary/aromatic N) is 1. The maximum atomic E-state index is 12.7. The monoisotopic (exact) mass is 396 g/mol. The third kappa shape index (κ3) is 4.29. The van der Waals surface area contributed by atoms with Crippen LogP contribution in [0.1, 0.15) is 4.88 Å². The Kier molecular flexibility index (Phi) is 5.88. The number of carbonyl (C=O) groups excluding carboxylic acids is 2. The quantitative estimate of drug-likeness (QED) is 0.843. The zero-order chi connectivity index (χ0) is 17.8. The summed E-state index contributed by atoms with van der Waals surface area (Å²) in [6.45, 7) is 0.209. The summed E-state index contributed by atoms with van der Waals surface area (Å²) in [5.74, 6) is 1.31. The molecule has 5 nitrogen and oxygen atoms in total. The normalized spacial score (nSPS) is 16.1. The Labute approximate surface area is 159 Å². The van der Waals surface area contributed by atoms with Crippen LogP contribution in [0.3, 0.4) is 0 Å². The van der Waals surface area contributed by atoms with E-state index in [0.717, 1.165) is 15.0 Å². The van der Waals surface area contributed by atoms with Gasteiger partial charge in [0.05, 0.1) is 22.3 Å². The van der Waals surface area contributed by atoms with E-state index in [1.165, 1.54) is 23.1 Å². The zero-order valence-electron chi connectivity index (χ0n) is 13.5. The van der Waals surface area contributed by atoms with Gasteiger partial charge in [0.15, 0.2) is 6.10 Å². The molecule has 2 heterocycles. The van der Waals surface area contributed by atoms with E-state index in [0.29, 0.717) is 17.2 Å². The molecule has 1 N–H and O–H groups in total. The number of ether oxygens (including phenoxy) is 1. The summed E-state index contributed by atoms with van der Waals surface area (Å²) in [5, 5.41) is 2.57. The number of fused-ring (bicyclic) bond motifs is 1. The first kappa shape index (κ1) is 18.1. The van der Waals surface area contributed by atoms with Crippen LogP contribution in [-0.2, 0) is 15.3 Å². The second-order valence-electron chi connectivity index (χ2n) is 5.39. The molecule has 0 fully saturated rings. The Balaban J connectivity index is 1.68. The van der Waals surface area contributed by atoms with Crippen molar-refractivity contribution in [3.05, 3.63) is 45.6 Å². The van der Waals surface area contributed by atoms with Crippen LogP contribution in [0.15, 0.2) is 36.4 Å². The van der Waals surface area contributed by atoms with Crippen molar-refractivity contribution in [3.8, 4) is 5.75 Å². The summed E-state index contributed by atoms with van der Waals surface area (Å²) in [7, 11) is 1.56. The molecule has 0 saturated heterocycles. The number of thiophene rings is 1. The van der Waals surface area contributed by atoms with Crippen LogP contribution in [0.5, 0.6) is 5.75 Å². The van der Waals surface area contributed by atoms with Crippen LogP contribution in [0.4, 0.5) is 5.69 Å². The molecule has 3 rings (SSSR count). The van der Waals surface area contributed by atoms with Gasteiger partial charge in [-0.3, -0.25) is 9.59 Å². The molecular formula is C17H17ClN2O3S2. The lowest BCUT2D eigenvalue weighted by molar-refractivity contribution is -0.127. The minimum absolute atomic E-state index is 0.0442. The minimum atomic E-state index is -0.704. The molecule has 0 bridgehead atoms. The molecule has 0 aliphatic carbocycles. The number of benzene rings is 1. The number of rotatable bonds is 5. The number of para-hydroxylation sites is 2. The van der Waals surface area contributed by atoms with Gasteiger partial charge in [0.25, 0.3) is 5.91 Å². The van der Waals surface area contributed by atoms with Gasteiger partial charge in [0.2, 0.25) is 5.91 Å². The highest BCUT2D eigenvalue weighted by Crippen LogP contribution is 2.34. The molecule has 0 spiro atoms. The van der Waals surface area contributed by atoms with E-state index in [1.54, 1.807) is 18.0 Å². The van der Waals surface area contributed by atoms with Crippen molar-refractivity contribution in [2.75, 3.05) is 24.2 Å². The van der Waals surface area contributed by atoms with Crippen LogP contribution >= 0.6 is 34.7 Å². The average molecular weight is 397 g/mol. The van der Waals surface area contributed by atoms with Gasteiger partial charge in [-0.1, -0.05) is 23.7 Å². The largest absolute Gasteiger partial charge is 0.477 e. The Morgan fingerprint density at radius 2 is 2.16 bits per heavy atom.